The number of amides is 2. The minimum atomic E-state index is -0.00469. The van der Waals surface area contributed by atoms with Crippen LogP contribution in [0.5, 0.6) is 23.0 Å². The van der Waals surface area contributed by atoms with Crippen LogP contribution in [0.25, 0.3) is 22.5 Å². The summed E-state index contributed by atoms with van der Waals surface area (Å²) >= 11 is 3.16. The smallest absolute Gasteiger partial charge is 0.261 e. The van der Waals surface area contributed by atoms with Crippen molar-refractivity contribution >= 4 is 34.5 Å². The van der Waals surface area contributed by atoms with Crippen molar-refractivity contribution in [2.24, 2.45) is 0 Å². The number of aromatic nitrogens is 2. The first-order chi connectivity index (χ1) is 27.4. The van der Waals surface area contributed by atoms with Crippen molar-refractivity contribution in [2.45, 2.75) is 50.6 Å². The summed E-state index contributed by atoms with van der Waals surface area (Å²) in [6, 6.07) is 32.9. The first kappa shape index (κ1) is 38.6. The number of phenolic OH excluding ortho intramolecular Hbond substituents is 2. The number of nitrogens with zero attached hydrogens (tertiary/aromatic N) is 4. The van der Waals surface area contributed by atoms with Crippen LogP contribution >= 0.6 is 22.7 Å². The lowest BCUT2D eigenvalue weighted by Crippen LogP contribution is -2.41. The number of hydrogen-bond acceptors (Lipinski definition) is 10. The zero-order valence-electron chi connectivity index (χ0n) is 30.9. The van der Waals surface area contributed by atoms with Crippen LogP contribution in [0.1, 0.15) is 60.6 Å². The van der Waals surface area contributed by atoms with Gasteiger partial charge in [-0.15, -0.1) is 22.7 Å². The molecule has 288 valence electrons. The van der Waals surface area contributed by atoms with Gasteiger partial charge in [0.15, 0.2) is 13.2 Å². The second-order valence-corrected chi connectivity index (χ2v) is 15.4. The number of rotatable bonds is 10. The standard InChI is InChI=1S/2C22H22N2O3S/c2*25-17-11-9-16(10-12-17)19-15-28-22(23-19)20-8-4-5-13-24(20)21(26)14-27-18-6-2-1-3-7-18/h2*1-3,6-7,9-12,15,20,25H,4-5,8,13-14H2/t2*20-/m11/s1. The molecule has 2 aromatic heterocycles. The lowest BCUT2D eigenvalue weighted by molar-refractivity contribution is -0.138. The van der Waals surface area contributed by atoms with Crippen molar-refractivity contribution in [1.29, 1.82) is 0 Å². The maximum Gasteiger partial charge on any atom is 0.261 e. The lowest BCUT2D eigenvalue weighted by Gasteiger charge is -2.34. The third kappa shape index (κ3) is 9.92. The zero-order valence-corrected chi connectivity index (χ0v) is 32.5. The summed E-state index contributed by atoms with van der Waals surface area (Å²) in [7, 11) is 0. The van der Waals surface area contributed by atoms with E-state index in [0.29, 0.717) is 11.5 Å². The summed E-state index contributed by atoms with van der Waals surface area (Å²) in [5.74, 6) is 1.87. The average Bonchev–Trinajstić information content (AvgIpc) is 3.95. The van der Waals surface area contributed by atoms with Crippen LogP contribution in [0.3, 0.4) is 0 Å². The molecule has 0 aliphatic carbocycles. The number of ether oxygens (including phenoxy) is 2. The molecule has 2 aliphatic heterocycles. The van der Waals surface area contributed by atoms with Gasteiger partial charge < -0.3 is 29.5 Å². The van der Waals surface area contributed by atoms with Gasteiger partial charge in [-0.3, -0.25) is 9.59 Å². The van der Waals surface area contributed by atoms with Crippen LogP contribution in [0.4, 0.5) is 0 Å². The third-order valence-electron chi connectivity index (χ3n) is 9.80. The summed E-state index contributed by atoms with van der Waals surface area (Å²) in [5.41, 5.74) is 3.67. The molecular formula is C44H44N4O6S2. The molecule has 2 amide bonds. The highest BCUT2D eigenvalue weighted by Crippen LogP contribution is 2.37. The molecule has 0 bridgehead atoms. The monoisotopic (exact) mass is 788 g/mol. The van der Waals surface area contributed by atoms with Gasteiger partial charge in [-0.05, 0) is 111 Å². The van der Waals surface area contributed by atoms with E-state index in [9.17, 15) is 19.8 Å². The van der Waals surface area contributed by atoms with Crippen molar-refractivity contribution in [3.63, 3.8) is 0 Å². The quantitative estimate of drug-likeness (QED) is 0.141. The molecule has 2 aliphatic rings. The van der Waals surface area contributed by atoms with E-state index >= 15 is 0 Å². The van der Waals surface area contributed by atoms with E-state index in [1.807, 2.05) is 105 Å². The molecule has 0 spiro atoms. The van der Waals surface area contributed by atoms with Crippen LogP contribution < -0.4 is 9.47 Å². The van der Waals surface area contributed by atoms with Gasteiger partial charge in [-0.25, -0.2) is 9.97 Å². The molecule has 6 aromatic rings. The van der Waals surface area contributed by atoms with Gasteiger partial charge in [0.05, 0.1) is 23.5 Å². The van der Waals surface area contributed by atoms with Gasteiger partial charge in [0.25, 0.3) is 11.8 Å². The molecule has 8 rings (SSSR count). The Balaban J connectivity index is 0.000000172. The Hall–Kier alpha value is -5.72. The number of carbonyl (C=O) groups is 2. The SMILES string of the molecule is O=C(COc1ccccc1)N1CCCC[C@@H]1c1nc(-c2ccc(O)cc2)cs1.O=C(COc1ccccc1)N1CCCC[C@@H]1c1nc(-c2ccc(O)cc2)cs1. The van der Waals surface area contributed by atoms with Crippen molar-refractivity contribution in [1.82, 2.24) is 19.8 Å². The highest BCUT2D eigenvalue weighted by atomic mass is 32.1. The van der Waals surface area contributed by atoms with Crippen LogP contribution in [0.2, 0.25) is 0 Å². The predicted molar refractivity (Wildman–Crippen MR) is 219 cm³/mol. The minimum Gasteiger partial charge on any atom is -0.508 e. The number of likely N-dealkylation sites (tertiary alicyclic amines) is 2. The summed E-state index contributed by atoms with van der Waals surface area (Å²) in [4.78, 5) is 39.0. The molecule has 4 heterocycles. The molecule has 2 fully saturated rings. The molecule has 2 N–H and O–H groups in total. The van der Waals surface area contributed by atoms with Gasteiger partial charge in [0, 0.05) is 35.0 Å². The van der Waals surface area contributed by atoms with Crippen molar-refractivity contribution in [3.8, 4) is 45.5 Å². The Morgan fingerprint density at radius 2 is 0.964 bits per heavy atom. The Bertz CT molecular complexity index is 2000. The number of aromatic hydroxyl groups is 2. The Labute approximate surface area is 334 Å². The number of piperidine rings is 2. The van der Waals surface area contributed by atoms with E-state index in [2.05, 4.69) is 0 Å². The maximum atomic E-state index is 12.8. The topological polar surface area (TPSA) is 125 Å². The van der Waals surface area contributed by atoms with E-state index in [0.717, 1.165) is 84.1 Å². The molecule has 0 saturated carbocycles. The molecule has 4 aromatic carbocycles. The number of hydrogen-bond donors (Lipinski definition) is 2. The largest absolute Gasteiger partial charge is 0.508 e. The molecule has 56 heavy (non-hydrogen) atoms. The highest BCUT2D eigenvalue weighted by molar-refractivity contribution is 7.10. The van der Waals surface area contributed by atoms with E-state index in [1.54, 1.807) is 46.9 Å². The molecular weight excluding hydrogens is 745 g/mol. The minimum absolute atomic E-state index is 0.00325. The van der Waals surface area contributed by atoms with Crippen LogP contribution in [-0.2, 0) is 9.59 Å². The van der Waals surface area contributed by atoms with Gasteiger partial charge in [-0.1, -0.05) is 36.4 Å². The zero-order chi connectivity index (χ0) is 38.7. The molecule has 0 unspecified atom stereocenters. The number of carbonyl (C=O) groups excluding carboxylic acids is 2. The van der Waals surface area contributed by atoms with Gasteiger partial charge in [0.2, 0.25) is 0 Å². The fourth-order valence-corrected chi connectivity index (χ4v) is 8.82. The number of phenols is 2. The van der Waals surface area contributed by atoms with Crippen LogP contribution in [0.15, 0.2) is 120 Å². The first-order valence-corrected chi connectivity index (χ1v) is 20.6. The Kier molecular flexibility index (Phi) is 12.9. The van der Waals surface area contributed by atoms with Crippen molar-refractivity contribution in [3.05, 3.63) is 130 Å². The third-order valence-corrected chi connectivity index (χ3v) is 11.7. The van der Waals surface area contributed by atoms with Crippen molar-refractivity contribution in [2.75, 3.05) is 26.3 Å². The molecule has 10 nitrogen and oxygen atoms in total. The molecule has 12 heteroatoms. The Morgan fingerprint density at radius 3 is 1.36 bits per heavy atom. The fraction of sp³-hybridized carbons (Fsp3) is 0.273. The fourth-order valence-electron chi connectivity index (χ4n) is 6.87. The van der Waals surface area contributed by atoms with E-state index in [4.69, 9.17) is 19.4 Å². The van der Waals surface area contributed by atoms with E-state index in [-0.39, 0.29) is 48.6 Å². The van der Waals surface area contributed by atoms with Gasteiger partial charge in [-0.2, -0.15) is 0 Å². The predicted octanol–water partition coefficient (Wildman–Crippen LogP) is 9.30. The second kappa shape index (κ2) is 18.7. The maximum absolute atomic E-state index is 12.8. The van der Waals surface area contributed by atoms with Gasteiger partial charge >= 0.3 is 0 Å². The highest BCUT2D eigenvalue weighted by Gasteiger charge is 2.32. The summed E-state index contributed by atoms with van der Waals surface area (Å²) in [6.07, 6.45) is 6.01. The lowest BCUT2D eigenvalue weighted by atomic mass is 10.0. The Morgan fingerprint density at radius 1 is 0.571 bits per heavy atom. The summed E-state index contributed by atoms with van der Waals surface area (Å²) in [5, 5.41) is 24.9. The first-order valence-electron chi connectivity index (χ1n) is 18.9. The summed E-state index contributed by atoms with van der Waals surface area (Å²) in [6.45, 7) is 1.54. The number of para-hydroxylation sites is 2. The van der Waals surface area contributed by atoms with E-state index in [1.165, 1.54) is 0 Å². The van der Waals surface area contributed by atoms with Crippen LogP contribution in [0, 0.1) is 0 Å². The molecule has 2 saturated heterocycles. The summed E-state index contributed by atoms with van der Waals surface area (Å²) < 4.78 is 11.3. The molecule has 2 atom stereocenters. The average molecular weight is 789 g/mol. The van der Waals surface area contributed by atoms with E-state index < -0.39 is 0 Å². The normalized spacial score (nSPS) is 16.7. The van der Waals surface area contributed by atoms with Gasteiger partial charge in [0.1, 0.15) is 33.0 Å². The number of thiazole rings is 2. The number of benzene rings is 4. The van der Waals surface area contributed by atoms with Crippen LogP contribution in [-0.4, -0.2) is 68.1 Å². The van der Waals surface area contributed by atoms with Crippen molar-refractivity contribution < 1.29 is 29.3 Å². The molecule has 0 radical (unpaired) electrons. The second-order valence-electron chi connectivity index (χ2n) is 13.6.